The van der Waals surface area contributed by atoms with E-state index in [4.69, 9.17) is 4.74 Å². The molecule has 0 aliphatic carbocycles. The Bertz CT molecular complexity index is 236. The maximum Gasteiger partial charge on any atom is 0.390 e. The molecule has 1 saturated heterocycles. The first kappa shape index (κ1) is 15.7. The highest BCUT2D eigenvalue weighted by atomic mass is 19.4. The van der Waals surface area contributed by atoms with Gasteiger partial charge in [0, 0.05) is 25.0 Å². The van der Waals surface area contributed by atoms with Crippen molar-refractivity contribution in [3.05, 3.63) is 0 Å². The maximum absolute atomic E-state index is 12.1. The highest BCUT2D eigenvalue weighted by Gasteiger charge is 2.30. The monoisotopic (exact) mass is 268 g/mol. The van der Waals surface area contributed by atoms with Crippen molar-refractivity contribution < 1.29 is 17.9 Å². The second kappa shape index (κ2) is 7.31. The fourth-order valence-corrected chi connectivity index (χ4v) is 2.14. The summed E-state index contributed by atoms with van der Waals surface area (Å²) in [5.41, 5.74) is 0. The predicted molar refractivity (Wildman–Crippen MR) is 64.6 cm³/mol. The summed E-state index contributed by atoms with van der Waals surface area (Å²) in [6.45, 7) is 5.03. The number of alkyl halides is 3. The molecule has 6 heteroatoms. The lowest BCUT2D eigenvalue weighted by atomic mass is 10.0. The van der Waals surface area contributed by atoms with Gasteiger partial charge in [0.1, 0.15) is 0 Å². The minimum atomic E-state index is -4.07. The van der Waals surface area contributed by atoms with Crippen molar-refractivity contribution in [2.45, 2.75) is 32.0 Å². The molecule has 3 nitrogen and oxygen atoms in total. The Kier molecular flexibility index (Phi) is 6.38. The first-order valence-electron chi connectivity index (χ1n) is 6.48. The molecule has 1 rings (SSSR count). The quantitative estimate of drug-likeness (QED) is 0.763. The average molecular weight is 268 g/mol. The molecule has 0 spiro atoms. The molecule has 1 N–H and O–H groups in total. The molecule has 0 bridgehead atoms. The van der Waals surface area contributed by atoms with E-state index >= 15 is 0 Å². The summed E-state index contributed by atoms with van der Waals surface area (Å²) < 4.78 is 41.7. The SMILES string of the molecule is CCCNC1COCC1CN(C)CCC(F)(F)F. The van der Waals surface area contributed by atoms with Crippen LogP contribution in [0.4, 0.5) is 13.2 Å². The molecule has 18 heavy (non-hydrogen) atoms. The van der Waals surface area contributed by atoms with Crippen LogP contribution in [0, 0.1) is 5.92 Å². The predicted octanol–water partition coefficient (Wildman–Crippen LogP) is 1.89. The first-order valence-corrected chi connectivity index (χ1v) is 6.48. The van der Waals surface area contributed by atoms with Gasteiger partial charge in [0.2, 0.25) is 0 Å². The van der Waals surface area contributed by atoms with Crippen molar-refractivity contribution >= 4 is 0 Å². The Labute approximate surface area is 107 Å². The second-order valence-corrected chi connectivity index (χ2v) is 4.99. The standard InChI is InChI=1S/C12H23F3N2O/c1-3-5-16-11-9-18-8-10(11)7-17(2)6-4-12(13,14)15/h10-11,16H,3-9H2,1-2H3. The second-order valence-electron chi connectivity index (χ2n) is 4.99. The van der Waals surface area contributed by atoms with Crippen LogP contribution >= 0.6 is 0 Å². The molecule has 0 saturated carbocycles. The molecule has 0 amide bonds. The van der Waals surface area contributed by atoms with E-state index in [-0.39, 0.29) is 18.5 Å². The van der Waals surface area contributed by atoms with Crippen LogP contribution in [0.5, 0.6) is 0 Å². The van der Waals surface area contributed by atoms with E-state index in [1.54, 1.807) is 11.9 Å². The lowest BCUT2D eigenvalue weighted by molar-refractivity contribution is -0.137. The van der Waals surface area contributed by atoms with Gasteiger partial charge in [-0.3, -0.25) is 0 Å². The maximum atomic E-state index is 12.1. The molecule has 0 aromatic carbocycles. The zero-order valence-corrected chi connectivity index (χ0v) is 11.1. The summed E-state index contributed by atoms with van der Waals surface area (Å²) in [5.74, 6) is 0.287. The van der Waals surface area contributed by atoms with Crippen LogP contribution in [0.1, 0.15) is 19.8 Å². The van der Waals surface area contributed by atoms with Crippen molar-refractivity contribution in [1.82, 2.24) is 10.2 Å². The Hall–Kier alpha value is -0.330. The molecule has 2 unspecified atom stereocenters. The summed E-state index contributed by atoms with van der Waals surface area (Å²) in [7, 11) is 1.74. The van der Waals surface area contributed by atoms with E-state index in [9.17, 15) is 13.2 Å². The van der Waals surface area contributed by atoms with E-state index < -0.39 is 12.6 Å². The number of nitrogens with zero attached hydrogens (tertiary/aromatic N) is 1. The molecule has 2 atom stereocenters. The van der Waals surface area contributed by atoms with Gasteiger partial charge in [-0.1, -0.05) is 6.92 Å². The molecule has 1 aliphatic heterocycles. The Morgan fingerprint density at radius 1 is 1.33 bits per heavy atom. The molecule has 108 valence electrons. The Morgan fingerprint density at radius 2 is 2.06 bits per heavy atom. The van der Waals surface area contributed by atoms with E-state index in [2.05, 4.69) is 12.2 Å². The summed E-state index contributed by atoms with van der Waals surface area (Å²) in [4.78, 5) is 1.74. The van der Waals surface area contributed by atoms with E-state index in [0.29, 0.717) is 19.8 Å². The fourth-order valence-electron chi connectivity index (χ4n) is 2.14. The van der Waals surface area contributed by atoms with Crippen LogP contribution in [0.25, 0.3) is 0 Å². The summed E-state index contributed by atoms with van der Waals surface area (Å²) in [6.07, 6.45) is -3.77. The van der Waals surface area contributed by atoms with E-state index in [0.717, 1.165) is 13.0 Å². The molecule has 0 radical (unpaired) electrons. The Morgan fingerprint density at radius 3 is 2.67 bits per heavy atom. The Balaban J connectivity index is 2.27. The van der Waals surface area contributed by atoms with Gasteiger partial charge < -0.3 is 15.0 Å². The van der Waals surface area contributed by atoms with Crippen LogP contribution in [-0.2, 0) is 4.74 Å². The molecule has 0 aromatic rings. The van der Waals surface area contributed by atoms with Gasteiger partial charge in [0.25, 0.3) is 0 Å². The van der Waals surface area contributed by atoms with Gasteiger partial charge in [-0.15, -0.1) is 0 Å². The van der Waals surface area contributed by atoms with Crippen LogP contribution in [0.3, 0.4) is 0 Å². The summed E-state index contributed by atoms with van der Waals surface area (Å²) >= 11 is 0. The lowest BCUT2D eigenvalue weighted by Crippen LogP contribution is -2.41. The molecule has 0 aromatic heterocycles. The molecule has 1 aliphatic rings. The third kappa shape index (κ3) is 6.02. The van der Waals surface area contributed by atoms with Crippen molar-refractivity contribution in [2.75, 3.05) is 39.9 Å². The summed E-state index contributed by atoms with van der Waals surface area (Å²) in [5, 5.41) is 3.39. The van der Waals surface area contributed by atoms with Gasteiger partial charge >= 0.3 is 6.18 Å². The van der Waals surface area contributed by atoms with Crippen LogP contribution in [-0.4, -0.2) is 57.0 Å². The minimum absolute atomic E-state index is 0.0560. The van der Waals surface area contributed by atoms with Gasteiger partial charge in [-0.2, -0.15) is 13.2 Å². The molecular weight excluding hydrogens is 245 g/mol. The van der Waals surface area contributed by atoms with Crippen molar-refractivity contribution in [1.29, 1.82) is 0 Å². The number of ether oxygens (including phenoxy) is 1. The number of hydrogen-bond donors (Lipinski definition) is 1. The number of hydrogen-bond acceptors (Lipinski definition) is 3. The highest BCUT2D eigenvalue weighted by molar-refractivity contribution is 4.83. The fraction of sp³-hybridized carbons (Fsp3) is 1.00. The van der Waals surface area contributed by atoms with Gasteiger partial charge in [-0.05, 0) is 20.0 Å². The normalized spacial score (nSPS) is 25.0. The van der Waals surface area contributed by atoms with Gasteiger partial charge in [-0.25, -0.2) is 0 Å². The molecule has 1 fully saturated rings. The minimum Gasteiger partial charge on any atom is -0.379 e. The highest BCUT2D eigenvalue weighted by Crippen LogP contribution is 2.20. The third-order valence-electron chi connectivity index (χ3n) is 3.18. The molecule has 1 heterocycles. The number of nitrogens with one attached hydrogen (secondary N) is 1. The van der Waals surface area contributed by atoms with Crippen molar-refractivity contribution in [3.8, 4) is 0 Å². The van der Waals surface area contributed by atoms with Gasteiger partial charge in [0.15, 0.2) is 0 Å². The third-order valence-corrected chi connectivity index (χ3v) is 3.18. The van der Waals surface area contributed by atoms with E-state index in [1.807, 2.05) is 0 Å². The summed E-state index contributed by atoms with van der Waals surface area (Å²) in [6, 6.07) is 0.276. The van der Waals surface area contributed by atoms with Gasteiger partial charge in [0.05, 0.1) is 19.6 Å². The largest absolute Gasteiger partial charge is 0.390 e. The van der Waals surface area contributed by atoms with Crippen molar-refractivity contribution in [2.24, 2.45) is 5.92 Å². The number of halogens is 3. The van der Waals surface area contributed by atoms with Crippen molar-refractivity contribution in [3.63, 3.8) is 0 Å². The smallest absolute Gasteiger partial charge is 0.379 e. The topological polar surface area (TPSA) is 24.5 Å². The lowest BCUT2D eigenvalue weighted by Gasteiger charge is -2.25. The average Bonchev–Trinajstić information content (AvgIpc) is 2.70. The zero-order valence-electron chi connectivity index (χ0n) is 11.1. The van der Waals surface area contributed by atoms with Crippen LogP contribution in [0.2, 0.25) is 0 Å². The van der Waals surface area contributed by atoms with Crippen LogP contribution in [0.15, 0.2) is 0 Å². The molecular formula is C12H23F3N2O. The van der Waals surface area contributed by atoms with E-state index in [1.165, 1.54) is 0 Å². The first-order chi connectivity index (χ1) is 8.42. The zero-order chi connectivity index (χ0) is 13.6. The van der Waals surface area contributed by atoms with Crippen LogP contribution < -0.4 is 5.32 Å². The number of rotatable bonds is 7.